The number of amides is 2. The molecule has 3 N–H and O–H groups in total. The summed E-state index contributed by atoms with van der Waals surface area (Å²) in [6, 6.07) is -0.493. The van der Waals surface area contributed by atoms with E-state index in [2.05, 4.69) is 20.3 Å². The normalized spacial score (nSPS) is 20.2. The molecule has 2 rings (SSSR count). The SMILES string of the molecule is CCC1C(=O)NCCN1C(=O)c1nonc1N. The quantitative estimate of drug-likeness (QED) is 0.684. The highest BCUT2D eigenvalue weighted by atomic mass is 16.6. The largest absolute Gasteiger partial charge is 0.379 e. The summed E-state index contributed by atoms with van der Waals surface area (Å²) in [7, 11) is 0. The van der Waals surface area contributed by atoms with Gasteiger partial charge in [-0.05, 0) is 16.7 Å². The fourth-order valence-corrected chi connectivity index (χ4v) is 1.84. The molecule has 1 aromatic rings. The maximum absolute atomic E-state index is 12.1. The third-order valence-electron chi connectivity index (χ3n) is 2.69. The number of nitrogens with one attached hydrogen (secondary N) is 1. The van der Waals surface area contributed by atoms with Crippen LogP contribution in [0, 0.1) is 0 Å². The fourth-order valence-electron chi connectivity index (χ4n) is 1.84. The van der Waals surface area contributed by atoms with Gasteiger partial charge in [-0.15, -0.1) is 0 Å². The Labute approximate surface area is 97.1 Å². The lowest BCUT2D eigenvalue weighted by Gasteiger charge is -2.33. The van der Waals surface area contributed by atoms with Crippen molar-refractivity contribution in [1.29, 1.82) is 0 Å². The predicted octanol–water partition coefficient (Wildman–Crippen LogP) is -0.998. The van der Waals surface area contributed by atoms with Crippen LogP contribution in [0.25, 0.3) is 0 Å². The predicted molar refractivity (Wildman–Crippen MR) is 56.8 cm³/mol. The summed E-state index contributed by atoms with van der Waals surface area (Å²) in [5, 5.41) is 9.50. The zero-order valence-corrected chi connectivity index (χ0v) is 9.34. The zero-order chi connectivity index (χ0) is 12.4. The second-order valence-corrected chi connectivity index (χ2v) is 3.71. The van der Waals surface area contributed by atoms with E-state index in [0.29, 0.717) is 19.5 Å². The first-order valence-electron chi connectivity index (χ1n) is 5.31. The monoisotopic (exact) mass is 239 g/mol. The van der Waals surface area contributed by atoms with Crippen molar-refractivity contribution in [2.24, 2.45) is 0 Å². The Bertz CT molecular complexity index is 444. The van der Waals surface area contributed by atoms with Gasteiger partial charge in [-0.25, -0.2) is 4.63 Å². The smallest absolute Gasteiger partial charge is 0.280 e. The van der Waals surface area contributed by atoms with Gasteiger partial charge in [-0.1, -0.05) is 6.92 Å². The van der Waals surface area contributed by atoms with E-state index >= 15 is 0 Å². The number of nitrogens with zero attached hydrogens (tertiary/aromatic N) is 3. The number of nitrogens with two attached hydrogens (primary N) is 1. The molecule has 1 aliphatic rings. The summed E-state index contributed by atoms with van der Waals surface area (Å²) in [6.07, 6.45) is 0.531. The van der Waals surface area contributed by atoms with Gasteiger partial charge in [-0.2, -0.15) is 0 Å². The lowest BCUT2D eigenvalue weighted by molar-refractivity contribution is -0.127. The molecule has 0 aliphatic carbocycles. The van der Waals surface area contributed by atoms with E-state index < -0.39 is 11.9 Å². The average molecular weight is 239 g/mol. The molecule has 1 aliphatic heterocycles. The van der Waals surface area contributed by atoms with Gasteiger partial charge >= 0.3 is 0 Å². The van der Waals surface area contributed by atoms with Gasteiger partial charge < -0.3 is 16.0 Å². The molecule has 1 saturated heterocycles. The molecule has 0 bridgehead atoms. The van der Waals surface area contributed by atoms with Crippen molar-refractivity contribution < 1.29 is 14.2 Å². The fraction of sp³-hybridized carbons (Fsp3) is 0.556. The molecular formula is C9H13N5O3. The molecule has 1 fully saturated rings. The van der Waals surface area contributed by atoms with Crippen molar-refractivity contribution in [3.63, 3.8) is 0 Å². The highest BCUT2D eigenvalue weighted by molar-refractivity contribution is 5.99. The van der Waals surface area contributed by atoms with E-state index in [-0.39, 0.29) is 17.4 Å². The number of nitrogen functional groups attached to an aromatic ring is 1. The second-order valence-electron chi connectivity index (χ2n) is 3.71. The molecule has 0 spiro atoms. The van der Waals surface area contributed by atoms with Gasteiger partial charge in [0.05, 0.1) is 0 Å². The van der Waals surface area contributed by atoms with Crippen molar-refractivity contribution in [3.05, 3.63) is 5.69 Å². The summed E-state index contributed by atoms with van der Waals surface area (Å²) in [4.78, 5) is 25.1. The number of anilines is 1. The third kappa shape index (κ3) is 1.93. The Balaban J connectivity index is 2.24. The minimum Gasteiger partial charge on any atom is -0.379 e. The van der Waals surface area contributed by atoms with E-state index in [0.717, 1.165) is 0 Å². The average Bonchev–Trinajstić information content (AvgIpc) is 2.74. The molecule has 8 nitrogen and oxygen atoms in total. The number of carbonyl (C=O) groups excluding carboxylic acids is 2. The van der Waals surface area contributed by atoms with Gasteiger partial charge in [0, 0.05) is 13.1 Å². The van der Waals surface area contributed by atoms with Crippen LogP contribution in [0.15, 0.2) is 4.63 Å². The maximum atomic E-state index is 12.1. The molecule has 92 valence electrons. The molecule has 0 aromatic carbocycles. The van der Waals surface area contributed by atoms with Gasteiger partial charge in [-0.3, -0.25) is 9.59 Å². The number of hydrogen-bond acceptors (Lipinski definition) is 6. The Morgan fingerprint density at radius 3 is 3.00 bits per heavy atom. The van der Waals surface area contributed by atoms with Crippen LogP contribution in [0.5, 0.6) is 0 Å². The minimum atomic E-state index is -0.493. The van der Waals surface area contributed by atoms with Crippen molar-refractivity contribution in [2.45, 2.75) is 19.4 Å². The highest BCUT2D eigenvalue weighted by Gasteiger charge is 2.34. The van der Waals surface area contributed by atoms with Gasteiger partial charge in [0.2, 0.25) is 17.4 Å². The molecule has 0 saturated carbocycles. The van der Waals surface area contributed by atoms with Crippen molar-refractivity contribution >= 4 is 17.6 Å². The Hall–Kier alpha value is -2.12. The molecule has 2 amide bonds. The van der Waals surface area contributed by atoms with Crippen LogP contribution < -0.4 is 11.1 Å². The van der Waals surface area contributed by atoms with E-state index in [1.54, 1.807) is 0 Å². The van der Waals surface area contributed by atoms with Crippen LogP contribution in [0.2, 0.25) is 0 Å². The van der Waals surface area contributed by atoms with Crippen LogP contribution >= 0.6 is 0 Å². The lowest BCUT2D eigenvalue weighted by atomic mass is 10.1. The molecular weight excluding hydrogens is 226 g/mol. The zero-order valence-electron chi connectivity index (χ0n) is 9.34. The standard InChI is InChI=1S/C9H13N5O3/c1-2-5-8(15)11-3-4-14(5)9(16)6-7(10)13-17-12-6/h5H,2-4H2,1H3,(H2,10,13)(H,11,15). The van der Waals surface area contributed by atoms with Gasteiger partial charge in [0.1, 0.15) is 6.04 Å². The highest BCUT2D eigenvalue weighted by Crippen LogP contribution is 2.15. The number of rotatable bonds is 2. The van der Waals surface area contributed by atoms with Gasteiger partial charge in [0.25, 0.3) is 5.91 Å². The molecule has 17 heavy (non-hydrogen) atoms. The summed E-state index contributed by atoms with van der Waals surface area (Å²) in [5.41, 5.74) is 5.41. The summed E-state index contributed by atoms with van der Waals surface area (Å²) in [5.74, 6) is -0.650. The molecule has 1 atom stereocenters. The van der Waals surface area contributed by atoms with E-state index in [1.165, 1.54) is 4.90 Å². The molecule has 1 unspecified atom stereocenters. The molecule has 1 aromatic heterocycles. The number of hydrogen-bond donors (Lipinski definition) is 2. The van der Waals surface area contributed by atoms with E-state index in [1.807, 2.05) is 6.92 Å². The Kier molecular flexibility index (Phi) is 2.94. The van der Waals surface area contributed by atoms with Crippen LogP contribution in [-0.4, -0.2) is 46.2 Å². The van der Waals surface area contributed by atoms with Crippen molar-refractivity contribution in [1.82, 2.24) is 20.5 Å². The number of aromatic nitrogens is 2. The summed E-state index contributed by atoms with van der Waals surface area (Å²) in [6.45, 7) is 2.68. The third-order valence-corrected chi connectivity index (χ3v) is 2.69. The van der Waals surface area contributed by atoms with Crippen LogP contribution in [0.3, 0.4) is 0 Å². The summed E-state index contributed by atoms with van der Waals surface area (Å²) < 4.78 is 4.38. The van der Waals surface area contributed by atoms with Gasteiger partial charge in [0.15, 0.2) is 0 Å². The van der Waals surface area contributed by atoms with Crippen molar-refractivity contribution in [3.8, 4) is 0 Å². The molecule has 8 heteroatoms. The lowest BCUT2D eigenvalue weighted by Crippen LogP contribution is -2.57. The van der Waals surface area contributed by atoms with Crippen LogP contribution in [0.4, 0.5) is 5.82 Å². The first kappa shape index (κ1) is 11.4. The molecule has 0 radical (unpaired) electrons. The first-order valence-corrected chi connectivity index (χ1v) is 5.31. The number of carbonyl (C=O) groups is 2. The van der Waals surface area contributed by atoms with Crippen LogP contribution in [0.1, 0.15) is 23.8 Å². The van der Waals surface area contributed by atoms with Crippen molar-refractivity contribution in [2.75, 3.05) is 18.8 Å². The number of piperazine rings is 1. The Morgan fingerprint density at radius 2 is 2.41 bits per heavy atom. The minimum absolute atomic E-state index is 0.0434. The summed E-state index contributed by atoms with van der Waals surface area (Å²) >= 11 is 0. The van der Waals surface area contributed by atoms with E-state index in [4.69, 9.17) is 5.73 Å². The maximum Gasteiger partial charge on any atom is 0.280 e. The van der Waals surface area contributed by atoms with E-state index in [9.17, 15) is 9.59 Å². The topological polar surface area (TPSA) is 114 Å². The second kappa shape index (κ2) is 4.40. The Morgan fingerprint density at radius 1 is 1.65 bits per heavy atom. The first-order chi connectivity index (χ1) is 8.15. The molecule has 2 heterocycles. The van der Waals surface area contributed by atoms with Crippen LogP contribution in [-0.2, 0) is 4.79 Å².